The molecule has 0 aliphatic heterocycles. The Bertz CT molecular complexity index is 1630. The molecule has 0 aliphatic rings. The molecule has 5 aromatic rings. The fourth-order valence-electron chi connectivity index (χ4n) is 3.62. The number of rotatable bonds is 3. The van der Waals surface area contributed by atoms with Crippen LogP contribution < -0.4 is 16.6 Å². The predicted octanol–water partition coefficient (Wildman–Crippen LogP) is 2.69. The molecular formula is C23H17N5O4. The van der Waals surface area contributed by atoms with Gasteiger partial charge in [0.25, 0.3) is 11.5 Å². The summed E-state index contributed by atoms with van der Waals surface area (Å²) in [5.74, 6) is 0.196. The lowest BCUT2D eigenvalue weighted by Crippen LogP contribution is -2.37. The van der Waals surface area contributed by atoms with E-state index in [0.29, 0.717) is 27.9 Å². The first-order valence-corrected chi connectivity index (χ1v) is 9.76. The number of carbonyl (C=O) groups excluding carboxylic acids is 1. The third kappa shape index (κ3) is 3.07. The van der Waals surface area contributed by atoms with E-state index in [9.17, 15) is 14.4 Å². The molecule has 0 fully saturated rings. The van der Waals surface area contributed by atoms with E-state index in [0.717, 1.165) is 10.1 Å². The monoisotopic (exact) mass is 427 g/mol. The standard InChI is InChI=1S/C23H17N5O4/c1-27-20-17(22(30)28(2)23(27)31)11-15(12-24-20)25-21(29)14-8-9-18-16(10-14)19(32-26-18)13-6-4-3-5-7-13/h3-12H,1-2H3,(H,25,29). The molecule has 0 atom stereocenters. The third-order valence-corrected chi connectivity index (χ3v) is 5.33. The third-order valence-electron chi connectivity index (χ3n) is 5.33. The maximum atomic E-state index is 12.9. The summed E-state index contributed by atoms with van der Waals surface area (Å²) < 4.78 is 7.78. The van der Waals surface area contributed by atoms with Gasteiger partial charge in [0.2, 0.25) is 0 Å². The van der Waals surface area contributed by atoms with Gasteiger partial charge < -0.3 is 9.84 Å². The number of anilines is 1. The lowest BCUT2D eigenvalue weighted by molar-refractivity contribution is 0.102. The van der Waals surface area contributed by atoms with Crippen LogP contribution in [0.25, 0.3) is 33.3 Å². The summed E-state index contributed by atoms with van der Waals surface area (Å²) >= 11 is 0. The van der Waals surface area contributed by atoms with Crippen LogP contribution in [-0.2, 0) is 14.1 Å². The molecule has 3 aromatic heterocycles. The van der Waals surface area contributed by atoms with Gasteiger partial charge in [-0.1, -0.05) is 35.5 Å². The Morgan fingerprint density at radius 2 is 1.75 bits per heavy atom. The van der Waals surface area contributed by atoms with Gasteiger partial charge in [-0.15, -0.1) is 0 Å². The Hall–Kier alpha value is -4.53. The van der Waals surface area contributed by atoms with Crippen LogP contribution in [0.4, 0.5) is 5.69 Å². The highest BCUT2D eigenvalue weighted by atomic mass is 16.5. The van der Waals surface area contributed by atoms with Crippen molar-refractivity contribution in [1.82, 2.24) is 19.3 Å². The second kappa shape index (κ2) is 7.31. The van der Waals surface area contributed by atoms with E-state index in [-0.39, 0.29) is 16.9 Å². The molecule has 5 rings (SSSR count). The van der Waals surface area contributed by atoms with E-state index in [1.165, 1.54) is 30.9 Å². The van der Waals surface area contributed by atoms with Crippen molar-refractivity contribution in [2.75, 3.05) is 5.32 Å². The number of fused-ring (bicyclic) bond motifs is 2. The predicted molar refractivity (Wildman–Crippen MR) is 120 cm³/mol. The first kappa shape index (κ1) is 19.4. The van der Waals surface area contributed by atoms with Gasteiger partial charge in [-0.2, -0.15) is 0 Å². The molecule has 158 valence electrons. The number of amides is 1. The number of aromatic nitrogens is 4. The van der Waals surface area contributed by atoms with Crippen LogP contribution in [0, 0.1) is 0 Å². The smallest absolute Gasteiger partial charge is 0.332 e. The highest BCUT2D eigenvalue weighted by Gasteiger charge is 2.15. The van der Waals surface area contributed by atoms with Crippen LogP contribution in [-0.4, -0.2) is 25.2 Å². The van der Waals surface area contributed by atoms with Gasteiger partial charge in [0.15, 0.2) is 5.76 Å². The zero-order valence-corrected chi connectivity index (χ0v) is 17.2. The highest BCUT2D eigenvalue weighted by Crippen LogP contribution is 2.29. The van der Waals surface area contributed by atoms with Crippen molar-refractivity contribution in [1.29, 1.82) is 0 Å². The van der Waals surface area contributed by atoms with Crippen molar-refractivity contribution in [3.05, 3.63) is 87.2 Å². The molecule has 0 saturated carbocycles. The molecule has 0 radical (unpaired) electrons. The molecule has 9 heteroatoms. The van der Waals surface area contributed by atoms with Crippen molar-refractivity contribution < 1.29 is 9.32 Å². The Balaban J connectivity index is 1.52. The molecule has 3 heterocycles. The second-order valence-electron chi connectivity index (χ2n) is 7.36. The summed E-state index contributed by atoms with van der Waals surface area (Å²) in [5.41, 5.74) is 1.52. The molecule has 1 amide bonds. The molecular weight excluding hydrogens is 410 g/mol. The van der Waals surface area contributed by atoms with E-state index < -0.39 is 11.2 Å². The minimum Gasteiger partial charge on any atom is -0.355 e. The number of benzene rings is 2. The van der Waals surface area contributed by atoms with Crippen LogP contribution in [0.15, 0.2) is 74.9 Å². The van der Waals surface area contributed by atoms with Gasteiger partial charge in [0.05, 0.1) is 22.7 Å². The van der Waals surface area contributed by atoms with E-state index in [2.05, 4.69) is 15.5 Å². The molecule has 9 nitrogen and oxygen atoms in total. The molecule has 1 N–H and O–H groups in total. The van der Waals surface area contributed by atoms with Gasteiger partial charge in [-0.25, -0.2) is 9.78 Å². The lowest BCUT2D eigenvalue weighted by Gasteiger charge is -2.09. The summed E-state index contributed by atoms with van der Waals surface area (Å²) in [4.78, 5) is 41.7. The van der Waals surface area contributed by atoms with E-state index >= 15 is 0 Å². The number of hydrogen-bond donors (Lipinski definition) is 1. The number of nitrogens with one attached hydrogen (secondary N) is 1. The summed E-state index contributed by atoms with van der Waals surface area (Å²) in [6.45, 7) is 0. The van der Waals surface area contributed by atoms with Crippen LogP contribution in [0.1, 0.15) is 10.4 Å². The normalized spacial score (nSPS) is 11.2. The molecule has 0 bridgehead atoms. The number of aryl methyl sites for hydroxylation is 1. The lowest BCUT2D eigenvalue weighted by atomic mass is 10.1. The average molecular weight is 427 g/mol. The number of hydrogen-bond acceptors (Lipinski definition) is 6. The van der Waals surface area contributed by atoms with Gasteiger partial charge in [0.1, 0.15) is 11.2 Å². The first-order chi connectivity index (χ1) is 15.4. The minimum atomic E-state index is -0.481. The zero-order valence-electron chi connectivity index (χ0n) is 17.2. The summed E-state index contributed by atoms with van der Waals surface area (Å²) in [6, 6.07) is 16.1. The van der Waals surface area contributed by atoms with Gasteiger partial charge in [-0.05, 0) is 24.3 Å². The Kier molecular flexibility index (Phi) is 4.44. The van der Waals surface area contributed by atoms with Crippen molar-refractivity contribution >= 4 is 33.5 Å². The summed E-state index contributed by atoms with van der Waals surface area (Å²) in [5, 5.41) is 7.77. The molecule has 0 saturated heterocycles. The summed E-state index contributed by atoms with van der Waals surface area (Å²) in [7, 11) is 2.93. The fraction of sp³-hybridized carbons (Fsp3) is 0.0870. The quantitative estimate of drug-likeness (QED) is 0.474. The number of carbonyl (C=O) groups is 1. The van der Waals surface area contributed by atoms with E-state index in [1.807, 2.05) is 30.3 Å². The zero-order chi connectivity index (χ0) is 22.4. The van der Waals surface area contributed by atoms with Gasteiger partial charge in [-0.3, -0.25) is 18.7 Å². The summed E-state index contributed by atoms with van der Waals surface area (Å²) in [6.07, 6.45) is 1.41. The van der Waals surface area contributed by atoms with Crippen LogP contribution in [0.5, 0.6) is 0 Å². The molecule has 2 aromatic carbocycles. The largest absolute Gasteiger partial charge is 0.355 e. The maximum absolute atomic E-state index is 12.9. The molecule has 0 spiro atoms. The van der Waals surface area contributed by atoms with Crippen molar-refractivity contribution in [2.45, 2.75) is 0 Å². The van der Waals surface area contributed by atoms with Crippen LogP contribution in [0.3, 0.4) is 0 Å². The second-order valence-corrected chi connectivity index (χ2v) is 7.36. The SMILES string of the molecule is Cn1c(=O)c2cc(NC(=O)c3ccc4noc(-c5ccccc5)c4c3)cnc2n(C)c1=O. The minimum absolute atomic E-state index is 0.230. The van der Waals surface area contributed by atoms with Gasteiger partial charge >= 0.3 is 5.69 Å². The number of nitrogens with zero attached hydrogens (tertiary/aromatic N) is 4. The Morgan fingerprint density at radius 1 is 0.969 bits per heavy atom. The Labute approximate surface area is 180 Å². The average Bonchev–Trinajstić information content (AvgIpc) is 3.25. The molecule has 32 heavy (non-hydrogen) atoms. The van der Waals surface area contributed by atoms with Gasteiger partial charge in [0, 0.05) is 25.2 Å². The van der Waals surface area contributed by atoms with Crippen LogP contribution in [0.2, 0.25) is 0 Å². The Morgan fingerprint density at radius 3 is 2.53 bits per heavy atom. The van der Waals surface area contributed by atoms with Crippen molar-refractivity contribution in [3.8, 4) is 11.3 Å². The van der Waals surface area contributed by atoms with E-state index in [4.69, 9.17) is 4.52 Å². The highest BCUT2D eigenvalue weighted by molar-refractivity contribution is 6.07. The topological polar surface area (TPSA) is 112 Å². The fourth-order valence-corrected chi connectivity index (χ4v) is 3.62. The van der Waals surface area contributed by atoms with Crippen molar-refractivity contribution in [3.63, 3.8) is 0 Å². The van der Waals surface area contributed by atoms with Crippen molar-refractivity contribution in [2.24, 2.45) is 14.1 Å². The van der Waals surface area contributed by atoms with E-state index in [1.54, 1.807) is 18.2 Å². The molecule has 0 unspecified atom stereocenters. The number of pyridine rings is 1. The van der Waals surface area contributed by atoms with Crippen LogP contribution >= 0.6 is 0 Å². The first-order valence-electron chi connectivity index (χ1n) is 9.76. The molecule has 0 aliphatic carbocycles. The maximum Gasteiger partial charge on any atom is 0.332 e.